The van der Waals surface area contributed by atoms with Gasteiger partial charge < -0.3 is 14.9 Å². The van der Waals surface area contributed by atoms with Crippen LogP contribution in [0.3, 0.4) is 0 Å². The molecule has 21 heavy (non-hydrogen) atoms. The van der Waals surface area contributed by atoms with Gasteiger partial charge >= 0.3 is 17.8 Å². The lowest BCUT2D eigenvalue weighted by molar-refractivity contribution is -0.157. The monoisotopic (exact) mass is 290 g/mol. The van der Waals surface area contributed by atoms with Gasteiger partial charge in [-0.3, -0.25) is 9.59 Å². The molecule has 1 aromatic rings. The third-order valence-electron chi connectivity index (χ3n) is 3.51. The fourth-order valence-electron chi connectivity index (χ4n) is 2.36. The summed E-state index contributed by atoms with van der Waals surface area (Å²) in [4.78, 5) is 38.0. The fraction of sp³-hybridized carbons (Fsp3) is 0.400. The highest BCUT2D eigenvalue weighted by Crippen LogP contribution is 2.14. The molecule has 112 valence electrons. The van der Waals surface area contributed by atoms with Gasteiger partial charge in [0.1, 0.15) is 0 Å². The Labute approximate surface area is 123 Å². The van der Waals surface area contributed by atoms with Crippen LogP contribution in [0, 0.1) is 0 Å². The van der Waals surface area contributed by atoms with Crippen molar-refractivity contribution in [2.75, 3.05) is 13.1 Å². The summed E-state index contributed by atoms with van der Waals surface area (Å²) in [5.74, 6) is -2.04. The largest absolute Gasteiger partial charge is 0.478 e. The van der Waals surface area contributed by atoms with Crippen molar-refractivity contribution in [2.45, 2.75) is 26.4 Å². The van der Waals surface area contributed by atoms with Crippen LogP contribution in [0.1, 0.15) is 29.8 Å². The maximum absolute atomic E-state index is 12.1. The molecule has 6 nitrogen and oxygen atoms in total. The molecular weight excluding hydrogens is 272 g/mol. The van der Waals surface area contributed by atoms with Gasteiger partial charge in [-0.15, -0.1) is 0 Å². The SMILES string of the molecule is CC(C)N1CCN(Cc2cccc(C(=O)O)c2)C(=O)C1=O. The lowest BCUT2D eigenvalue weighted by Gasteiger charge is -2.36. The number of nitrogens with zero attached hydrogens (tertiary/aromatic N) is 2. The van der Waals surface area contributed by atoms with Crippen LogP contribution in [0.4, 0.5) is 0 Å². The van der Waals surface area contributed by atoms with E-state index in [9.17, 15) is 14.4 Å². The number of carboxylic acids is 1. The first kappa shape index (κ1) is 15.0. The molecule has 2 rings (SSSR count). The zero-order valence-electron chi connectivity index (χ0n) is 12.1. The molecule has 0 saturated carbocycles. The van der Waals surface area contributed by atoms with Crippen LogP contribution in [-0.2, 0) is 16.1 Å². The van der Waals surface area contributed by atoms with E-state index in [1.54, 1.807) is 17.0 Å². The van der Waals surface area contributed by atoms with E-state index in [0.29, 0.717) is 18.7 Å². The van der Waals surface area contributed by atoms with Crippen LogP contribution >= 0.6 is 0 Å². The molecule has 0 bridgehead atoms. The van der Waals surface area contributed by atoms with Crippen LogP contribution in [-0.4, -0.2) is 51.8 Å². The van der Waals surface area contributed by atoms with Crippen molar-refractivity contribution in [1.29, 1.82) is 0 Å². The van der Waals surface area contributed by atoms with E-state index in [1.807, 2.05) is 13.8 Å². The first-order valence-electron chi connectivity index (χ1n) is 6.82. The van der Waals surface area contributed by atoms with Crippen LogP contribution < -0.4 is 0 Å². The summed E-state index contributed by atoms with van der Waals surface area (Å²) >= 11 is 0. The molecule has 1 aromatic carbocycles. The second-order valence-electron chi connectivity index (χ2n) is 5.32. The summed E-state index contributed by atoms with van der Waals surface area (Å²) in [6, 6.07) is 6.40. The summed E-state index contributed by atoms with van der Waals surface area (Å²) in [6.45, 7) is 4.95. The van der Waals surface area contributed by atoms with Gasteiger partial charge in [0.25, 0.3) is 0 Å². The second kappa shape index (κ2) is 5.95. The van der Waals surface area contributed by atoms with E-state index in [0.717, 1.165) is 0 Å². The summed E-state index contributed by atoms with van der Waals surface area (Å²) < 4.78 is 0. The minimum atomic E-state index is -1.01. The Morgan fingerprint density at radius 2 is 1.95 bits per heavy atom. The molecule has 1 N–H and O–H groups in total. The highest BCUT2D eigenvalue weighted by molar-refractivity contribution is 6.35. The van der Waals surface area contributed by atoms with Crippen molar-refractivity contribution in [2.24, 2.45) is 0 Å². The lowest BCUT2D eigenvalue weighted by atomic mass is 10.1. The van der Waals surface area contributed by atoms with Gasteiger partial charge in [-0.25, -0.2) is 4.79 Å². The standard InChI is InChI=1S/C15H18N2O4/c1-10(2)17-7-6-16(13(18)14(17)19)9-11-4-3-5-12(8-11)15(20)21/h3-5,8,10H,6-7,9H2,1-2H3,(H,20,21). The molecule has 0 spiro atoms. The third kappa shape index (κ3) is 3.21. The van der Waals surface area contributed by atoms with Gasteiger partial charge in [-0.1, -0.05) is 12.1 Å². The molecule has 0 unspecified atom stereocenters. The Morgan fingerprint density at radius 3 is 2.57 bits per heavy atom. The van der Waals surface area contributed by atoms with Gasteiger partial charge in [0.05, 0.1) is 5.56 Å². The number of rotatable bonds is 4. The second-order valence-corrected chi connectivity index (χ2v) is 5.32. The van der Waals surface area contributed by atoms with Crippen molar-refractivity contribution in [1.82, 2.24) is 9.80 Å². The van der Waals surface area contributed by atoms with E-state index in [1.165, 1.54) is 17.0 Å². The molecule has 6 heteroatoms. The summed E-state index contributed by atoms with van der Waals surface area (Å²) in [6.07, 6.45) is 0. The van der Waals surface area contributed by atoms with Crippen LogP contribution in [0.15, 0.2) is 24.3 Å². The number of hydrogen-bond acceptors (Lipinski definition) is 3. The molecule has 1 aliphatic rings. The number of aromatic carboxylic acids is 1. The molecule has 0 atom stereocenters. The maximum Gasteiger partial charge on any atom is 0.335 e. The average Bonchev–Trinajstić information content (AvgIpc) is 2.44. The summed E-state index contributed by atoms with van der Waals surface area (Å²) in [5, 5.41) is 8.96. The van der Waals surface area contributed by atoms with Gasteiger partial charge in [-0.05, 0) is 31.5 Å². The van der Waals surface area contributed by atoms with Crippen LogP contribution in [0.5, 0.6) is 0 Å². The van der Waals surface area contributed by atoms with Gasteiger partial charge in [0.15, 0.2) is 0 Å². The quantitative estimate of drug-likeness (QED) is 0.838. The average molecular weight is 290 g/mol. The summed E-state index contributed by atoms with van der Waals surface area (Å²) in [5.41, 5.74) is 0.876. The maximum atomic E-state index is 12.1. The Kier molecular flexibility index (Phi) is 4.26. The molecule has 1 aliphatic heterocycles. The molecule has 1 saturated heterocycles. The first-order valence-corrected chi connectivity index (χ1v) is 6.82. The number of hydrogen-bond donors (Lipinski definition) is 1. The fourth-order valence-corrected chi connectivity index (χ4v) is 2.36. The first-order chi connectivity index (χ1) is 9.90. The number of carbonyl (C=O) groups excluding carboxylic acids is 2. The minimum absolute atomic E-state index is 0.000983. The topological polar surface area (TPSA) is 77.9 Å². The number of benzene rings is 1. The third-order valence-corrected chi connectivity index (χ3v) is 3.51. The zero-order valence-corrected chi connectivity index (χ0v) is 12.1. The predicted octanol–water partition coefficient (Wildman–Crippen LogP) is 0.964. The molecule has 0 radical (unpaired) electrons. The Bertz CT molecular complexity index is 583. The number of amides is 2. The number of carbonyl (C=O) groups is 3. The molecule has 0 aromatic heterocycles. The van der Waals surface area contributed by atoms with E-state index in [2.05, 4.69) is 0 Å². The summed E-state index contributed by atoms with van der Waals surface area (Å²) in [7, 11) is 0. The Morgan fingerprint density at radius 1 is 1.24 bits per heavy atom. The lowest BCUT2D eigenvalue weighted by Crippen LogP contribution is -2.55. The van der Waals surface area contributed by atoms with Crippen molar-refractivity contribution in [3.63, 3.8) is 0 Å². The van der Waals surface area contributed by atoms with Crippen LogP contribution in [0.2, 0.25) is 0 Å². The van der Waals surface area contributed by atoms with E-state index in [4.69, 9.17) is 5.11 Å². The molecule has 1 heterocycles. The van der Waals surface area contributed by atoms with Gasteiger partial charge in [0.2, 0.25) is 0 Å². The highest BCUT2D eigenvalue weighted by atomic mass is 16.4. The van der Waals surface area contributed by atoms with Crippen molar-refractivity contribution < 1.29 is 19.5 Å². The van der Waals surface area contributed by atoms with Crippen molar-refractivity contribution >= 4 is 17.8 Å². The molecule has 2 amide bonds. The van der Waals surface area contributed by atoms with Gasteiger partial charge in [-0.2, -0.15) is 0 Å². The van der Waals surface area contributed by atoms with Crippen molar-refractivity contribution in [3.05, 3.63) is 35.4 Å². The van der Waals surface area contributed by atoms with Crippen LogP contribution in [0.25, 0.3) is 0 Å². The number of piperazine rings is 1. The number of carboxylic acid groups (broad SMARTS) is 1. The molecular formula is C15H18N2O4. The van der Waals surface area contributed by atoms with E-state index >= 15 is 0 Å². The van der Waals surface area contributed by atoms with Gasteiger partial charge in [0, 0.05) is 25.7 Å². The Balaban J connectivity index is 2.11. The smallest absolute Gasteiger partial charge is 0.335 e. The molecule has 0 aliphatic carbocycles. The normalized spacial score (nSPS) is 15.8. The van der Waals surface area contributed by atoms with E-state index < -0.39 is 17.8 Å². The minimum Gasteiger partial charge on any atom is -0.478 e. The predicted molar refractivity (Wildman–Crippen MR) is 75.7 cm³/mol. The highest BCUT2D eigenvalue weighted by Gasteiger charge is 2.33. The zero-order chi connectivity index (χ0) is 15.6. The Hall–Kier alpha value is -2.37. The van der Waals surface area contributed by atoms with Crippen molar-refractivity contribution in [3.8, 4) is 0 Å². The van der Waals surface area contributed by atoms with E-state index in [-0.39, 0.29) is 18.2 Å². The molecule has 1 fully saturated rings.